The van der Waals surface area contributed by atoms with Crippen LogP contribution in [0.3, 0.4) is 0 Å². The van der Waals surface area contributed by atoms with Crippen molar-refractivity contribution in [3.05, 3.63) is 0 Å². The Hall–Kier alpha value is -0.0400. The van der Waals surface area contributed by atoms with E-state index in [4.69, 9.17) is 4.74 Å². The van der Waals surface area contributed by atoms with Crippen molar-refractivity contribution in [2.45, 2.75) is 46.6 Å². The van der Waals surface area contributed by atoms with Gasteiger partial charge in [-0.1, -0.05) is 27.7 Å². The van der Waals surface area contributed by atoms with Gasteiger partial charge in [0.1, 0.15) is 0 Å². The molecule has 0 saturated carbocycles. The van der Waals surface area contributed by atoms with Crippen LogP contribution >= 0.6 is 0 Å². The minimum absolute atomic E-state index is 0.428. The first kappa shape index (κ1) is 9.05. The number of hydrogen-bond donors (Lipinski definition) is 0. The van der Waals surface area contributed by atoms with Gasteiger partial charge in [0, 0.05) is 6.61 Å². The average molecular weight is 156 g/mol. The Labute approximate surface area is 70.1 Å². The first-order valence-corrected chi connectivity index (χ1v) is 4.67. The van der Waals surface area contributed by atoms with Crippen molar-refractivity contribution in [2.24, 2.45) is 11.3 Å². The van der Waals surface area contributed by atoms with E-state index in [1.54, 1.807) is 0 Å². The Morgan fingerprint density at radius 1 is 1.36 bits per heavy atom. The second kappa shape index (κ2) is 3.14. The monoisotopic (exact) mass is 156 g/mol. The highest BCUT2D eigenvalue weighted by Gasteiger charge is 2.35. The van der Waals surface area contributed by atoms with Gasteiger partial charge in [0.25, 0.3) is 0 Å². The molecule has 0 aromatic heterocycles. The maximum absolute atomic E-state index is 5.64. The van der Waals surface area contributed by atoms with Crippen molar-refractivity contribution in [3.8, 4) is 0 Å². The van der Waals surface area contributed by atoms with Crippen LogP contribution in [0.5, 0.6) is 0 Å². The van der Waals surface area contributed by atoms with Gasteiger partial charge in [-0.05, 0) is 24.2 Å². The summed E-state index contributed by atoms with van der Waals surface area (Å²) >= 11 is 0. The minimum atomic E-state index is 0.428. The van der Waals surface area contributed by atoms with Crippen LogP contribution in [-0.4, -0.2) is 12.7 Å². The molecular weight excluding hydrogens is 136 g/mol. The third kappa shape index (κ3) is 1.96. The van der Waals surface area contributed by atoms with Gasteiger partial charge < -0.3 is 4.74 Å². The van der Waals surface area contributed by atoms with Gasteiger partial charge in [-0.2, -0.15) is 0 Å². The summed E-state index contributed by atoms with van der Waals surface area (Å²) < 4.78 is 5.64. The highest BCUT2D eigenvalue weighted by molar-refractivity contribution is 4.84. The molecule has 1 saturated heterocycles. The summed E-state index contributed by atoms with van der Waals surface area (Å²) in [7, 11) is 0. The maximum atomic E-state index is 5.64. The van der Waals surface area contributed by atoms with Crippen molar-refractivity contribution >= 4 is 0 Å². The van der Waals surface area contributed by atoms with E-state index in [1.165, 1.54) is 12.8 Å². The summed E-state index contributed by atoms with van der Waals surface area (Å²) in [6, 6.07) is 0. The molecule has 11 heavy (non-hydrogen) atoms. The molecule has 66 valence electrons. The van der Waals surface area contributed by atoms with E-state index in [2.05, 4.69) is 27.7 Å². The van der Waals surface area contributed by atoms with Gasteiger partial charge in [-0.3, -0.25) is 0 Å². The Morgan fingerprint density at radius 3 is 2.36 bits per heavy atom. The fourth-order valence-electron chi connectivity index (χ4n) is 2.04. The normalized spacial score (nSPS) is 32.7. The summed E-state index contributed by atoms with van der Waals surface area (Å²) in [5.41, 5.74) is 0.428. The summed E-state index contributed by atoms with van der Waals surface area (Å²) in [6.45, 7) is 10.1. The third-order valence-electron chi connectivity index (χ3n) is 2.72. The van der Waals surface area contributed by atoms with Crippen LogP contribution in [0, 0.1) is 11.3 Å². The van der Waals surface area contributed by atoms with E-state index in [0.717, 1.165) is 12.5 Å². The minimum Gasteiger partial charge on any atom is -0.378 e. The predicted molar refractivity (Wildman–Crippen MR) is 47.6 cm³/mol. The molecule has 1 aliphatic heterocycles. The SMILES string of the molecule is CCC1OCCC1C(C)(C)C. The lowest BCUT2D eigenvalue weighted by Crippen LogP contribution is -2.27. The van der Waals surface area contributed by atoms with Crippen LogP contribution < -0.4 is 0 Å². The molecular formula is C10H20O. The van der Waals surface area contributed by atoms with E-state index in [0.29, 0.717) is 11.5 Å². The topological polar surface area (TPSA) is 9.23 Å². The average Bonchev–Trinajstić information content (AvgIpc) is 2.31. The van der Waals surface area contributed by atoms with Crippen LogP contribution in [-0.2, 0) is 4.74 Å². The van der Waals surface area contributed by atoms with Crippen molar-refractivity contribution in [1.29, 1.82) is 0 Å². The van der Waals surface area contributed by atoms with Gasteiger partial charge in [0.15, 0.2) is 0 Å². The molecule has 0 amide bonds. The van der Waals surface area contributed by atoms with E-state index < -0.39 is 0 Å². The van der Waals surface area contributed by atoms with Crippen LogP contribution in [0.2, 0.25) is 0 Å². The molecule has 0 radical (unpaired) electrons. The van der Waals surface area contributed by atoms with Gasteiger partial charge in [0.05, 0.1) is 6.10 Å². The predicted octanol–water partition coefficient (Wildman–Crippen LogP) is 2.85. The van der Waals surface area contributed by atoms with Crippen LogP contribution in [0.25, 0.3) is 0 Å². The van der Waals surface area contributed by atoms with Crippen LogP contribution in [0.15, 0.2) is 0 Å². The van der Waals surface area contributed by atoms with Crippen molar-refractivity contribution in [3.63, 3.8) is 0 Å². The first-order valence-electron chi connectivity index (χ1n) is 4.67. The standard InChI is InChI=1S/C10H20O/c1-5-9-8(6-7-11-9)10(2,3)4/h8-9H,5-7H2,1-4H3. The van der Waals surface area contributed by atoms with Crippen LogP contribution in [0.1, 0.15) is 40.5 Å². The van der Waals surface area contributed by atoms with E-state index >= 15 is 0 Å². The molecule has 1 heterocycles. The quantitative estimate of drug-likeness (QED) is 0.567. The Kier molecular flexibility index (Phi) is 2.58. The highest BCUT2D eigenvalue weighted by atomic mass is 16.5. The molecule has 0 aliphatic carbocycles. The van der Waals surface area contributed by atoms with Crippen molar-refractivity contribution < 1.29 is 4.74 Å². The largest absolute Gasteiger partial charge is 0.378 e. The molecule has 2 atom stereocenters. The fraction of sp³-hybridized carbons (Fsp3) is 1.00. The molecule has 2 unspecified atom stereocenters. The molecule has 0 aromatic carbocycles. The number of ether oxygens (including phenoxy) is 1. The van der Waals surface area contributed by atoms with Crippen molar-refractivity contribution in [1.82, 2.24) is 0 Å². The zero-order chi connectivity index (χ0) is 8.48. The molecule has 1 nitrogen and oxygen atoms in total. The molecule has 1 fully saturated rings. The van der Waals surface area contributed by atoms with E-state index in [9.17, 15) is 0 Å². The maximum Gasteiger partial charge on any atom is 0.0606 e. The Bertz CT molecular complexity index is 123. The highest BCUT2D eigenvalue weighted by Crippen LogP contribution is 2.37. The molecule has 0 spiro atoms. The molecule has 0 N–H and O–H groups in total. The molecule has 1 heteroatoms. The molecule has 1 aliphatic rings. The summed E-state index contributed by atoms with van der Waals surface area (Å²) in [5, 5.41) is 0. The molecule has 0 aromatic rings. The van der Waals surface area contributed by atoms with Gasteiger partial charge >= 0.3 is 0 Å². The van der Waals surface area contributed by atoms with Crippen molar-refractivity contribution in [2.75, 3.05) is 6.61 Å². The molecule has 1 rings (SSSR count). The summed E-state index contributed by atoms with van der Waals surface area (Å²) in [6.07, 6.45) is 2.94. The smallest absolute Gasteiger partial charge is 0.0606 e. The molecule has 0 bridgehead atoms. The zero-order valence-corrected chi connectivity index (χ0v) is 8.18. The lowest BCUT2D eigenvalue weighted by atomic mass is 9.76. The van der Waals surface area contributed by atoms with Crippen LogP contribution in [0.4, 0.5) is 0 Å². The van der Waals surface area contributed by atoms with Gasteiger partial charge in [0.2, 0.25) is 0 Å². The fourth-order valence-corrected chi connectivity index (χ4v) is 2.04. The second-order valence-electron chi connectivity index (χ2n) is 4.58. The van der Waals surface area contributed by atoms with E-state index in [1.807, 2.05) is 0 Å². The number of hydrogen-bond acceptors (Lipinski definition) is 1. The Balaban J connectivity index is 2.57. The number of rotatable bonds is 1. The van der Waals surface area contributed by atoms with Gasteiger partial charge in [-0.25, -0.2) is 0 Å². The lowest BCUT2D eigenvalue weighted by molar-refractivity contribution is 0.0558. The first-order chi connectivity index (χ1) is 5.05. The van der Waals surface area contributed by atoms with Gasteiger partial charge in [-0.15, -0.1) is 0 Å². The second-order valence-corrected chi connectivity index (χ2v) is 4.58. The summed E-state index contributed by atoms with van der Waals surface area (Å²) in [5.74, 6) is 0.771. The van der Waals surface area contributed by atoms with E-state index in [-0.39, 0.29) is 0 Å². The lowest BCUT2D eigenvalue weighted by Gasteiger charge is -2.30. The third-order valence-corrected chi connectivity index (χ3v) is 2.72. The zero-order valence-electron chi connectivity index (χ0n) is 8.18. The summed E-state index contributed by atoms with van der Waals surface area (Å²) in [4.78, 5) is 0. The Morgan fingerprint density at radius 2 is 2.00 bits per heavy atom.